The molecule has 8 nitrogen and oxygen atoms in total. The van der Waals surface area contributed by atoms with Crippen molar-refractivity contribution in [2.45, 2.75) is 64.7 Å². The lowest BCUT2D eigenvalue weighted by Crippen LogP contribution is -2.21. The molecule has 2 N–H and O–H groups in total. The second kappa shape index (κ2) is 15.5. The summed E-state index contributed by atoms with van der Waals surface area (Å²) in [4.78, 5) is 12.9. The standard InChI is InChI=1S/C35H40N2O6/c1-4-6-8-10-20-41-30-18-13-25(21-32(30)39-3)33-28-17-16-27(22-31(28)43-34(37)29(33)23-36)42-35(38)24-11-14-26(15-12-24)40-19-9-7-5-2/h11-18,21-22,33H,4-10,19-20,37H2,1-3H3. The van der Waals surface area contributed by atoms with Gasteiger partial charge in [0.05, 0.1) is 31.8 Å². The number of nitrogens with zero attached hydrogens (tertiary/aromatic N) is 1. The topological polar surface area (TPSA) is 113 Å². The van der Waals surface area contributed by atoms with E-state index in [2.05, 4.69) is 19.9 Å². The van der Waals surface area contributed by atoms with E-state index in [0.29, 0.717) is 53.1 Å². The highest BCUT2D eigenvalue weighted by atomic mass is 16.5. The van der Waals surface area contributed by atoms with Crippen molar-refractivity contribution < 1.29 is 28.5 Å². The first-order valence-corrected chi connectivity index (χ1v) is 15.0. The zero-order valence-electron chi connectivity index (χ0n) is 25.2. The largest absolute Gasteiger partial charge is 0.494 e. The van der Waals surface area contributed by atoms with Crippen LogP contribution < -0.4 is 29.4 Å². The summed E-state index contributed by atoms with van der Waals surface area (Å²) in [6, 6.07) is 19.8. The molecule has 1 aliphatic heterocycles. The van der Waals surface area contributed by atoms with Gasteiger partial charge >= 0.3 is 5.97 Å². The number of unbranched alkanes of at least 4 members (excludes halogenated alkanes) is 5. The highest BCUT2D eigenvalue weighted by molar-refractivity contribution is 5.91. The molecule has 1 unspecified atom stereocenters. The van der Waals surface area contributed by atoms with Crippen molar-refractivity contribution in [1.29, 1.82) is 5.26 Å². The van der Waals surface area contributed by atoms with E-state index in [-0.39, 0.29) is 11.5 Å². The molecule has 0 spiro atoms. The maximum atomic E-state index is 12.9. The van der Waals surface area contributed by atoms with Crippen LogP contribution in [0.2, 0.25) is 0 Å². The van der Waals surface area contributed by atoms with E-state index in [9.17, 15) is 10.1 Å². The van der Waals surface area contributed by atoms with Crippen LogP contribution in [0.4, 0.5) is 0 Å². The summed E-state index contributed by atoms with van der Waals surface area (Å²) in [6.45, 7) is 5.56. The fourth-order valence-electron chi connectivity index (χ4n) is 4.93. The summed E-state index contributed by atoms with van der Waals surface area (Å²) in [7, 11) is 1.59. The Hall–Kier alpha value is -4.64. The minimum absolute atomic E-state index is 0.00628. The van der Waals surface area contributed by atoms with Crippen LogP contribution in [0.25, 0.3) is 0 Å². The molecule has 1 heterocycles. The van der Waals surface area contributed by atoms with Gasteiger partial charge in [-0.05, 0) is 60.9 Å². The molecule has 1 atom stereocenters. The Morgan fingerprint density at radius 3 is 2.28 bits per heavy atom. The fraction of sp³-hybridized carbons (Fsp3) is 0.371. The fourth-order valence-corrected chi connectivity index (χ4v) is 4.93. The molecule has 0 aliphatic carbocycles. The lowest BCUT2D eigenvalue weighted by molar-refractivity contribution is 0.0734. The number of carbonyl (C=O) groups excluding carboxylic acids is 1. The summed E-state index contributed by atoms with van der Waals surface area (Å²) < 4.78 is 28.8. The molecule has 0 radical (unpaired) electrons. The average molecular weight is 585 g/mol. The number of hydrogen-bond donors (Lipinski definition) is 1. The first-order chi connectivity index (χ1) is 21.0. The number of nitriles is 1. The second-order valence-corrected chi connectivity index (χ2v) is 10.4. The molecule has 1 aliphatic rings. The molecule has 0 saturated carbocycles. The molecule has 226 valence electrons. The van der Waals surface area contributed by atoms with Gasteiger partial charge in [-0.3, -0.25) is 0 Å². The maximum absolute atomic E-state index is 12.9. The number of nitrogens with two attached hydrogens (primary N) is 1. The SMILES string of the molecule is CCCCCCOc1ccc(C2C(C#N)=C(N)Oc3cc(OC(=O)c4ccc(OCCCCC)cc4)ccc32)cc1OC. The van der Waals surface area contributed by atoms with Crippen molar-refractivity contribution in [3.8, 4) is 34.8 Å². The van der Waals surface area contributed by atoms with Crippen molar-refractivity contribution in [3.63, 3.8) is 0 Å². The number of hydrogen-bond acceptors (Lipinski definition) is 8. The van der Waals surface area contributed by atoms with Crippen LogP contribution in [-0.4, -0.2) is 26.3 Å². The summed E-state index contributed by atoms with van der Waals surface area (Å²) >= 11 is 0. The molecular weight excluding hydrogens is 544 g/mol. The quantitative estimate of drug-likeness (QED) is 0.110. The Labute approximate surface area is 254 Å². The van der Waals surface area contributed by atoms with Gasteiger partial charge in [0.2, 0.25) is 5.88 Å². The van der Waals surface area contributed by atoms with Gasteiger partial charge in [-0.1, -0.05) is 58.1 Å². The Balaban J connectivity index is 1.51. The normalized spacial score (nSPS) is 13.9. The number of fused-ring (bicyclic) bond motifs is 1. The molecule has 8 heteroatoms. The van der Waals surface area contributed by atoms with E-state index in [1.807, 2.05) is 18.2 Å². The Morgan fingerprint density at radius 2 is 1.56 bits per heavy atom. The zero-order chi connectivity index (χ0) is 30.6. The lowest BCUT2D eigenvalue weighted by Gasteiger charge is -2.27. The molecule has 4 rings (SSSR count). The predicted molar refractivity (Wildman–Crippen MR) is 165 cm³/mol. The molecule has 0 bridgehead atoms. The van der Waals surface area contributed by atoms with Gasteiger partial charge in [0.25, 0.3) is 0 Å². The third-order valence-electron chi connectivity index (χ3n) is 7.28. The van der Waals surface area contributed by atoms with E-state index in [1.165, 1.54) is 6.42 Å². The van der Waals surface area contributed by atoms with Crippen molar-refractivity contribution in [1.82, 2.24) is 0 Å². The maximum Gasteiger partial charge on any atom is 0.343 e. The number of carbonyl (C=O) groups is 1. The summed E-state index contributed by atoms with van der Waals surface area (Å²) in [5.41, 5.74) is 8.39. The van der Waals surface area contributed by atoms with Gasteiger partial charge in [0.15, 0.2) is 11.5 Å². The monoisotopic (exact) mass is 584 g/mol. The molecule has 0 aromatic heterocycles. The number of esters is 1. The number of methoxy groups -OCH3 is 1. The number of rotatable bonds is 15. The summed E-state index contributed by atoms with van der Waals surface area (Å²) in [5, 5.41) is 9.98. The van der Waals surface area contributed by atoms with E-state index < -0.39 is 11.9 Å². The van der Waals surface area contributed by atoms with Crippen LogP contribution >= 0.6 is 0 Å². The smallest absolute Gasteiger partial charge is 0.343 e. The van der Waals surface area contributed by atoms with Gasteiger partial charge in [-0.15, -0.1) is 0 Å². The van der Waals surface area contributed by atoms with E-state index >= 15 is 0 Å². The first-order valence-electron chi connectivity index (χ1n) is 15.0. The third-order valence-corrected chi connectivity index (χ3v) is 7.28. The molecule has 0 saturated heterocycles. The highest BCUT2D eigenvalue weighted by Gasteiger charge is 2.32. The van der Waals surface area contributed by atoms with E-state index in [4.69, 9.17) is 29.4 Å². The summed E-state index contributed by atoms with van der Waals surface area (Å²) in [6.07, 6.45) is 7.65. The van der Waals surface area contributed by atoms with E-state index in [1.54, 1.807) is 49.6 Å². The van der Waals surface area contributed by atoms with Crippen molar-refractivity contribution in [2.75, 3.05) is 20.3 Å². The van der Waals surface area contributed by atoms with Crippen LogP contribution in [0.1, 0.15) is 86.2 Å². The molecule has 3 aromatic rings. The minimum atomic E-state index is -0.513. The Morgan fingerprint density at radius 1 is 0.860 bits per heavy atom. The predicted octanol–water partition coefficient (Wildman–Crippen LogP) is 7.66. The minimum Gasteiger partial charge on any atom is -0.494 e. The molecule has 3 aromatic carbocycles. The molecular formula is C35H40N2O6. The molecule has 43 heavy (non-hydrogen) atoms. The Kier molecular flexibility index (Phi) is 11.3. The van der Waals surface area contributed by atoms with Gasteiger partial charge in [0, 0.05) is 11.6 Å². The van der Waals surface area contributed by atoms with Crippen LogP contribution in [-0.2, 0) is 0 Å². The summed E-state index contributed by atoms with van der Waals surface area (Å²) in [5.74, 6) is 1.59. The van der Waals surface area contributed by atoms with Crippen LogP contribution in [0, 0.1) is 11.3 Å². The number of benzene rings is 3. The van der Waals surface area contributed by atoms with Gasteiger partial charge in [-0.25, -0.2) is 4.79 Å². The van der Waals surface area contributed by atoms with Crippen molar-refractivity contribution in [3.05, 3.63) is 88.8 Å². The van der Waals surface area contributed by atoms with Crippen molar-refractivity contribution >= 4 is 5.97 Å². The average Bonchev–Trinajstić information content (AvgIpc) is 3.02. The zero-order valence-corrected chi connectivity index (χ0v) is 25.2. The van der Waals surface area contributed by atoms with Gasteiger partial charge in [-0.2, -0.15) is 5.26 Å². The lowest BCUT2D eigenvalue weighted by atomic mass is 9.83. The van der Waals surface area contributed by atoms with Crippen LogP contribution in [0.3, 0.4) is 0 Å². The van der Waals surface area contributed by atoms with Gasteiger partial charge < -0.3 is 29.4 Å². The third kappa shape index (κ3) is 8.01. The van der Waals surface area contributed by atoms with Crippen LogP contribution in [0.5, 0.6) is 28.7 Å². The highest BCUT2D eigenvalue weighted by Crippen LogP contribution is 2.45. The Bertz CT molecular complexity index is 1460. The first kappa shape index (κ1) is 31.3. The van der Waals surface area contributed by atoms with Crippen LogP contribution in [0.15, 0.2) is 72.1 Å². The van der Waals surface area contributed by atoms with E-state index in [0.717, 1.165) is 44.1 Å². The second-order valence-electron chi connectivity index (χ2n) is 10.4. The van der Waals surface area contributed by atoms with Crippen molar-refractivity contribution in [2.24, 2.45) is 5.73 Å². The molecule has 0 fully saturated rings. The number of allylic oxidation sites excluding steroid dienone is 1. The van der Waals surface area contributed by atoms with Gasteiger partial charge in [0.1, 0.15) is 28.9 Å². The molecule has 0 amide bonds. The number of ether oxygens (including phenoxy) is 5.